The second-order valence-electron chi connectivity index (χ2n) is 3.97. The smallest absolute Gasteiger partial charge is 0.288 e. The summed E-state index contributed by atoms with van der Waals surface area (Å²) in [4.78, 5) is 25.8. The Morgan fingerprint density at radius 2 is 2.14 bits per heavy atom. The number of aromatic nitrogens is 1. The van der Waals surface area contributed by atoms with Crippen LogP contribution in [0.4, 0.5) is 17.2 Å². The van der Waals surface area contributed by atoms with E-state index in [1.54, 1.807) is 18.2 Å². The summed E-state index contributed by atoms with van der Waals surface area (Å²) in [7, 11) is 0. The van der Waals surface area contributed by atoms with Crippen LogP contribution in [0.15, 0.2) is 34.9 Å². The standard InChI is InChI=1S/C12H8BrClN4O3/c13-9-3-6(1-2-10(9)14)17-12(19)8-4-7(18(20)21)5-16-11(8)15/h1-5H,(H2,15,16)(H,17,19). The topological polar surface area (TPSA) is 111 Å². The largest absolute Gasteiger partial charge is 0.383 e. The lowest BCUT2D eigenvalue weighted by molar-refractivity contribution is -0.385. The van der Waals surface area contributed by atoms with Gasteiger partial charge in [0, 0.05) is 16.2 Å². The van der Waals surface area contributed by atoms with E-state index in [0.29, 0.717) is 15.2 Å². The summed E-state index contributed by atoms with van der Waals surface area (Å²) in [6.07, 6.45) is 0.991. The van der Waals surface area contributed by atoms with Gasteiger partial charge in [0.25, 0.3) is 11.6 Å². The fraction of sp³-hybridized carbons (Fsp3) is 0. The summed E-state index contributed by atoms with van der Waals surface area (Å²) < 4.78 is 0.604. The quantitative estimate of drug-likeness (QED) is 0.635. The molecule has 0 radical (unpaired) electrons. The molecule has 108 valence electrons. The maximum absolute atomic E-state index is 12.1. The number of halogens is 2. The highest BCUT2D eigenvalue weighted by molar-refractivity contribution is 9.10. The summed E-state index contributed by atoms with van der Waals surface area (Å²) >= 11 is 9.08. The lowest BCUT2D eigenvalue weighted by atomic mass is 10.2. The number of anilines is 2. The van der Waals surface area contributed by atoms with Crippen molar-refractivity contribution < 1.29 is 9.72 Å². The van der Waals surface area contributed by atoms with Gasteiger partial charge in [0.1, 0.15) is 12.0 Å². The number of hydrogen-bond acceptors (Lipinski definition) is 5. The molecule has 0 fully saturated rings. The van der Waals surface area contributed by atoms with Gasteiger partial charge >= 0.3 is 0 Å². The summed E-state index contributed by atoms with van der Waals surface area (Å²) in [5.74, 6) is -0.691. The van der Waals surface area contributed by atoms with Crippen molar-refractivity contribution in [2.24, 2.45) is 0 Å². The summed E-state index contributed by atoms with van der Waals surface area (Å²) in [5, 5.41) is 13.8. The van der Waals surface area contributed by atoms with E-state index in [0.717, 1.165) is 12.3 Å². The first-order valence-electron chi connectivity index (χ1n) is 5.55. The Balaban J connectivity index is 2.29. The second kappa shape index (κ2) is 6.06. The fourth-order valence-electron chi connectivity index (χ4n) is 1.52. The molecule has 0 aliphatic rings. The van der Waals surface area contributed by atoms with Crippen LogP contribution in [0.25, 0.3) is 0 Å². The molecular weight excluding hydrogens is 364 g/mol. The number of nitrogen functional groups attached to an aromatic ring is 1. The number of nitrogens with one attached hydrogen (secondary N) is 1. The molecule has 1 amide bonds. The SMILES string of the molecule is Nc1ncc([N+](=O)[O-])cc1C(=O)Nc1ccc(Cl)c(Br)c1. The highest BCUT2D eigenvalue weighted by Crippen LogP contribution is 2.26. The van der Waals surface area contributed by atoms with Crippen LogP contribution in [0.3, 0.4) is 0 Å². The van der Waals surface area contributed by atoms with E-state index in [4.69, 9.17) is 17.3 Å². The summed E-state index contributed by atoms with van der Waals surface area (Å²) in [6, 6.07) is 5.85. The number of hydrogen-bond donors (Lipinski definition) is 2. The van der Waals surface area contributed by atoms with Crippen molar-refractivity contribution in [3.63, 3.8) is 0 Å². The average molecular weight is 372 g/mol. The van der Waals surface area contributed by atoms with Gasteiger partial charge in [-0.1, -0.05) is 11.6 Å². The zero-order chi connectivity index (χ0) is 15.6. The molecule has 21 heavy (non-hydrogen) atoms. The zero-order valence-electron chi connectivity index (χ0n) is 10.3. The molecule has 1 aromatic carbocycles. The molecule has 1 aromatic heterocycles. The molecule has 0 spiro atoms. The number of carbonyl (C=O) groups is 1. The third kappa shape index (κ3) is 3.47. The van der Waals surface area contributed by atoms with Gasteiger partial charge in [0.2, 0.25) is 0 Å². The molecule has 3 N–H and O–H groups in total. The highest BCUT2D eigenvalue weighted by atomic mass is 79.9. The number of pyridine rings is 1. The first kappa shape index (κ1) is 15.2. The van der Waals surface area contributed by atoms with Crippen LogP contribution in [0.2, 0.25) is 5.02 Å². The summed E-state index contributed by atoms with van der Waals surface area (Å²) in [6.45, 7) is 0. The Morgan fingerprint density at radius 3 is 2.76 bits per heavy atom. The lowest BCUT2D eigenvalue weighted by Crippen LogP contribution is -2.15. The van der Waals surface area contributed by atoms with Gasteiger partial charge in [-0.05, 0) is 34.1 Å². The van der Waals surface area contributed by atoms with Gasteiger partial charge < -0.3 is 11.1 Å². The van der Waals surface area contributed by atoms with Gasteiger partial charge in [-0.2, -0.15) is 0 Å². The van der Waals surface area contributed by atoms with E-state index in [9.17, 15) is 14.9 Å². The molecule has 0 saturated carbocycles. The number of rotatable bonds is 3. The van der Waals surface area contributed by atoms with Crippen LogP contribution in [0.5, 0.6) is 0 Å². The summed E-state index contributed by atoms with van der Waals surface area (Å²) in [5.41, 5.74) is 5.65. The number of nitrogens with zero attached hydrogens (tertiary/aromatic N) is 2. The van der Waals surface area contributed by atoms with E-state index >= 15 is 0 Å². The van der Waals surface area contributed by atoms with E-state index in [2.05, 4.69) is 26.2 Å². The average Bonchev–Trinajstić information content (AvgIpc) is 2.43. The van der Waals surface area contributed by atoms with Gasteiger partial charge in [-0.3, -0.25) is 14.9 Å². The fourth-order valence-corrected chi connectivity index (χ4v) is 2.01. The van der Waals surface area contributed by atoms with Crippen LogP contribution in [-0.4, -0.2) is 15.8 Å². The normalized spacial score (nSPS) is 10.2. The van der Waals surface area contributed by atoms with Crippen molar-refractivity contribution in [3.8, 4) is 0 Å². The lowest BCUT2D eigenvalue weighted by Gasteiger charge is -2.07. The molecule has 2 aromatic rings. The predicted octanol–water partition coefficient (Wildman–Crippen LogP) is 3.24. The second-order valence-corrected chi connectivity index (χ2v) is 5.23. The van der Waals surface area contributed by atoms with Gasteiger partial charge in [0.05, 0.1) is 15.5 Å². The van der Waals surface area contributed by atoms with Crippen LogP contribution >= 0.6 is 27.5 Å². The van der Waals surface area contributed by atoms with Crippen LogP contribution in [-0.2, 0) is 0 Å². The van der Waals surface area contributed by atoms with Gasteiger partial charge in [-0.15, -0.1) is 0 Å². The van der Waals surface area contributed by atoms with E-state index in [1.165, 1.54) is 0 Å². The number of amides is 1. The molecule has 0 unspecified atom stereocenters. The minimum absolute atomic E-state index is 0.0738. The monoisotopic (exact) mass is 370 g/mol. The third-order valence-electron chi connectivity index (χ3n) is 2.54. The third-order valence-corrected chi connectivity index (χ3v) is 3.75. The van der Waals surface area contributed by atoms with Gasteiger partial charge in [-0.25, -0.2) is 4.98 Å². The van der Waals surface area contributed by atoms with E-state index in [-0.39, 0.29) is 17.1 Å². The first-order chi connectivity index (χ1) is 9.88. The van der Waals surface area contributed by atoms with Crippen molar-refractivity contribution in [1.82, 2.24) is 4.98 Å². The molecule has 1 heterocycles. The predicted molar refractivity (Wildman–Crippen MR) is 82.4 cm³/mol. The molecular formula is C12H8BrClN4O3. The number of nitro groups is 1. The molecule has 7 nitrogen and oxygen atoms in total. The number of nitrogens with two attached hydrogens (primary N) is 1. The zero-order valence-corrected chi connectivity index (χ0v) is 12.7. The minimum Gasteiger partial charge on any atom is -0.383 e. The van der Waals surface area contributed by atoms with Crippen molar-refractivity contribution >= 4 is 50.6 Å². The Labute approximate surface area is 132 Å². The molecule has 0 saturated heterocycles. The van der Waals surface area contributed by atoms with Crippen LogP contribution < -0.4 is 11.1 Å². The van der Waals surface area contributed by atoms with Crippen molar-refractivity contribution in [3.05, 3.63) is 55.6 Å². The van der Waals surface area contributed by atoms with Crippen LogP contribution in [0, 0.1) is 10.1 Å². The van der Waals surface area contributed by atoms with Crippen molar-refractivity contribution in [2.75, 3.05) is 11.1 Å². The van der Waals surface area contributed by atoms with Gasteiger partial charge in [0.15, 0.2) is 0 Å². The Bertz CT molecular complexity index is 738. The number of carbonyl (C=O) groups excluding carboxylic acids is 1. The van der Waals surface area contributed by atoms with Crippen molar-refractivity contribution in [2.45, 2.75) is 0 Å². The maximum Gasteiger partial charge on any atom is 0.288 e. The Morgan fingerprint density at radius 1 is 1.43 bits per heavy atom. The Kier molecular flexibility index (Phi) is 4.39. The van der Waals surface area contributed by atoms with Crippen LogP contribution in [0.1, 0.15) is 10.4 Å². The Hall–Kier alpha value is -2.19. The molecule has 9 heteroatoms. The molecule has 0 aliphatic heterocycles. The first-order valence-corrected chi connectivity index (χ1v) is 6.72. The van der Waals surface area contributed by atoms with Crippen molar-refractivity contribution in [1.29, 1.82) is 0 Å². The molecule has 0 bridgehead atoms. The highest BCUT2D eigenvalue weighted by Gasteiger charge is 2.17. The van der Waals surface area contributed by atoms with E-state index in [1.807, 2.05) is 0 Å². The molecule has 0 atom stereocenters. The van der Waals surface area contributed by atoms with E-state index < -0.39 is 10.8 Å². The molecule has 2 rings (SSSR count). The maximum atomic E-state index is 12.1. The molecule has 0 aliphatic carbocycles. The minimum atomic E-state index is -0.651. The number of benzene rings is 1.